The Morgan fingerprint density at radius 1 is 1.21 bits per heavy atom. The van der Waals surface area contributed by atoms with Gasteiger partial charge >= 0.3 is 0 Å². The van der Waals surface area contributed by atoms with Crippen LogP contribution in [0.1, 0.15) is 37.5 Å². The zero-order chi connectivity index (χ0) is 17.2. The highest BCUT2D eigenvalue weighted by Crippen LogP contribution is 2.34. The maximum Gasteiger partial charge on any atom is 0.211 e. The molecule has 0 unspecified atom stereocenters. The molecule has 2 aromatic rings. The number of hydrogen-bond acceptors (Lipinski definition) is 5. The van der Waals surface area contributed by atoms with Crippen LogP contribution in [0.25, 0.3) is 11.3 Å². The van der Waals surface area contributed by atoms with Crippen LogP contribution in [-0.2, 0) is 10.0 Å². The van der Waals surface area contributed by atoms with E-state index in [0.717, 1.165) is 37.0 Å². The van der Waals surface area contributed by atoms with Crippen LogP contribution < -0.4 is 4.74 Å². The average Bonchev–Trinajstić information content (AvgIpc) is 2.91. The molecule has 0 spiro atoms. The second-order valence-corrected chi connectivity index (χ2v) is 8.02. The first kappa shape index (κ1) is 17.0. The lowest BCUT2D eigenvalue weighted by Crippen LogP contribution is -2.33. The smallest absolute Gasteiger partial charge is 0.211 e. The molecular weight excluding hydrogens is 328 g/mol. The van der Waals surface area contributed by atoms with E-state index in [0.29, 0.717) is 18.0 Å². The van der Waals surface area contributed by atoms with E-state index >= 15 is 0 Å². The molecule has 7 heteroatoms. The SMILES string of the molecule is COc1ccc(-c2cc([C@H]3CCCCCN3S(C)(=O)=O)on2)cc1. The van der Waals surface area contributed by atoms with E-state index in [-0.39, 0.29) is 6.04 Å². The third kappa shape index (κ3) is 3.62. The summed E-state index contributed by atoms with van der Waals surface area (Å²) in [7, 11) is -1.66. The van der Waals surface area contributed by atoms with Gasteiger partial charge in [-0.25, -0.2) is 8.42 Å². The van der Waals surface area contributed by atoms with Crippen molar-refractivity contribution in [1.82, 2.24) is 9.46 Å². The Labute approximate surface area is 142 Å². The van der Waals surface area contributed by atoms with E-state index in [1.807, 2.05) is 30.3 Å². The zero-order valence-corrected chi connectivity index (χ0v) is 14.8. The largest absolute Gasteiger partial charge is 0.497 e. The molecule has 24 heavy (non-hydrogen) atoms. The van der Waals surface area contributed by atoms with Crippen LogP contribution in [0.15, 0.2) is 34.9 Å². The quantitative estimate of drug-likeness (QED) is 0.846. The van der Waals surface area contributed by atoms with E-state index in [2.05, 4.69) is 5.16 Å². The Kier molecular flexibility index (Phi) is 4.91. The van der Waals surface area contributed by atoms with E-state index in [4.69, 9.17) is 9.26 Å². The van der Waals surface area contributed by atoms with Crippen molar-refractivity contribution in [3.05, 3.63) is 36.1 Å². The summed E-state index contributed by atoms with van der Waals surface area (Å²) < 4.78 is 36.4. The average molecular weight is 350 g/mol. The summed E-state index contributed by atoms with van der Waals surface area (Å²) in [6, 6.07) is 9.10. The molecule has 1 atom stereocenters. The molecule has 0 bridgehead atoms. The van der Waals surface area contributed by atoms with Gasteiger partial charge in [-0.05, 0) is 37.1 Å². The van der Waals surface area contributed by atoms with Crippen molar-refractivity contribution < 1.29 is 17.7 Å². The van der Waals surface area contributed by atoms with Gasteiger partial charge in [0.2, 0.25) is 10.0 Å². The van der Waals surface area contributed by atoms with Crippen molar-refractivity contribution in [2.75, 3.05) is 19.9 Å². The highest BCUT2D eigenvalue weighted by Gasteiger charge is 2.32. The number of sulfonamides is 1. The first-order valence-electron chi connectivity index (χ1n) is 8.07. The second kappa shape index (κ2) is 6.94. The topological polar surface area (TPSA) is 72.6 Å². The van der Waals surface area contributed by atoms with Crippen LogP contribution in [0.5, 0.6) is 5.75 Å². The van der Waals surface area contributed by atoms with Gasteiger partial charge in [0.25, 0.3) is 0 Å². The number of rotatable bonds is 4. The molecule has 1 fully saturated rings. The van der Waals surface area contributed by atoms with Crippen LogP contribution in [0.3, 0.4) is 0 Å². The second-order valence-electron chi connectivity index (χ2n) is 6.08. The van der Waals surface area contributed by atoms with Crippen LogP contribution >= 0.6 is 0 Å². The Morgan fingerprint density at radius 2 is 1.96 bits per heavy atom. The molecule has 2 heterocycles. The molecule has 1 aliphatic rings. The molecule has 1 aromatic carbocycles. The highest BCUT2D eigenvalue weighted by atomic mass is 32.2. The van der Waals surface area contributed by atoms with Crippen molar-refractivity contribution >= 4 is 10.0 Å². The fraction of sp³-hybridized carbons (Fsp3) is 0.471. The van der Waals surface area contributed by atoms with Crippen molar-refractivity contribution in [1.29, 1.82) is 0 Å². The van der Waals surface area contributed by atoms with Crippen molar-refractivity contribution in [3.63, 3.8) is 0 Å². The highest BCUT2D eigenvalue weighted by molar-refractivity contribution is 7.88. The molecule has 0 amide bonds. The minimum Gasteiger partial charge on any atom is -0.497 e. The predicted molar refractivity (Wildman–Crippen MR) is 91.2 cm³/mol. The number of methoxy groups -OCH3 is 1. The van der Waals surface area contributed by atoms with Gasteiger partial charge in [-0.15, -0.1) is 0 Å². The molecule has 0 aliphatic carbocycles. The van der Waals surface area contributed by atoms with Crippen LogP contribution in [0, 0.1) is 0 Å². The van der Waals surface area contributed by atoms with E-state index < -0.39 is 10.0 Å². The van der Waals surface area contributed by atoms with Gasteiger partial charge in [-0.1, -0.05) is 18.0 Å². The van der Waals surface area contributed by atoms with Gasteiger partial charge in [0.15, 0.2) is 5.76 Å². The number of benzene rings is 1. The monoisotopic (exact) mass is 350 g/mol. The normalized spacial score (nSPS) is 19.8. The maximum absolute atomic E-state index is 12.1. The van der Waals surface area contributed by atoms with Gasteiger partial charge in [0, 0.05) is 18.2 Å². The third-order valence-corrected chi connectivity index (χ3v) is 5.66. The Balaban J connectivity index is 1.89. The molecule has 6 nitrogen and oxygen atoms in total. The fourth-order valence-corrected chi connectivity index (χ4v) is 4.24. The summed E-state index contributed by atoms with van der Waals surface area (Å²) in [4.78, 5) is 0. The Morgan fingerprint density at radius 3 is 2.62 bits per heavy atom. The van der Waals surface area contributed by atoms with Gasteiger partial charge in [-0.3, -0.25) is 0 Å². The van der Waals surface area contributed by atoms with Gasteiger partial charge in [0.05, 0.1) is 19.4 Å². The van der Waals surface area contributed by atoms with Crippen molar-refractivity contribution in [3.8, 4) is 17.0 Å². The van der Waals surface area contributed by atoms with E-state index in [1.54, 1.807) is 7.11 Å². The van der Waals surface area contributed by atoms with E-state index in [9.17, 15) is 8.42 Å². The summed E-state index contributed by atoms with van der Waals surface area (Å²) in [5, 5.41) is 4.13. The minimum absolute atomic E-state index is 0.276. The molecule has 1 aliphatic heterocycles. The number of ether oxygens (including phenoxy) is 1. The van der Waals surface area contributed by atoms with Crippen LogP contribution in [0.2, 0.25) is 0 Å². The van der Waals surface area contributed by atoms with Gasteiger partial charge in [-0.2, -0.15) is 4.31 Å². The lowest BCUT2D eigenvalue weighted by molar-refractivity contribution is 0.260. The van der Waals surface area contributed by atoms with Gasteiger partial charge < -0.3 is 9.26 Å². The van der Waals surface area contributed by atoms with E-state index in [1.165, 1.54) is 10.6 Å². The maximum atomic E-state index is 12.1. The zero-order valence-electron chi connectivity index (χ0n) is 13.9. The number of hydrogen-bond donors (Lipinski definition) is 0. The molecular formula is C17H22N2O4S. The molecule has 1 aromatic heterocycles. The summed E-state index contributed by atoms with van der Waals surface area (Å²) in [6.07, 6.45) is 4.90. The van der Waals surface area contributed by atoms with Crippen molar-refractivity contribution in [2.45, 2.75) is 31.7 Å². The lowest BCUT2D eigenvalue weighted by atomic mass is 10.1. The lowest BCUT2D eigenvalue weighted by Gasteiger charge is -2.25. The first-order chi connectivity index (χ1) is 11.5. The summed E-state index contributed by atoms with van der Waals surface area (Å²) in [6.45, 7) is 0.530. The number of aromatic nitrogens is 1. The third-order valence-electron chi connectivity index (χ3n) is 4.37. The van der Waals surface area contributed by atoms with Crippen LogP contribution in [-0.4, -0.2) is 37.8 Å². The Hall–Kier alpha value is -1.86. The van der Waals surface area contributed by atoms with Crippen molar-refractivity contribution in [2.24, 2.45) is 0 Å². The standard InChI is InChI=1S/C17H22N2O4S/c1-22-14-9-7-13(8-10-14)15-12-17(23-18-15)16-6-4-3-5-11-19(16)24(2,20)21/h7-10,12,16H,3-6,11H2,1-2H3/t16-/m1/s1. The fourth-order valence-electron chi connectivity index (χ4n) is 3.11. The first-order valence-corrected chi connectivity index (χ1v) is 9.92. The predicted octanol–water partition coefficient (Wildman–Crippen LogP) is 3.23. The number of nitrogens with zero attached hydrogens (tertiary/aromatic N) is 2. The Bertz CT molecular complexity index is 783. The molecule has 0 radical (unpaired) electrons. The molecule has 130 valence electrons. The molecule has 0 N–H and O–H groups in total. The summed E-state index contributed by atoms with van der Waals surface area (Å²) in [5.74, 6) is 1.38. The molecule has 0 saturated carbocycles. The minimum atomic E-state index is -3.28. The molecule has 1 saturated heterocycles. The van der Waals surface area contributed by atoms with Gasteiger partial charge in [0.1, 0.15) is 11.4 Å². The summed E-state index contributed by atoms with van der Waals surface area (Å²) >= 11 is 0. The molecule has 3 rings (SSSR count). The van der Waals surface area contributed by atoms with Crippen LogP contribution in [0.4, 0.5) is 0 Å². The summed E-state index contributed by atoms with van der Waals surface area (Å²) in [5.41, 5.74) is 1.61.